The number of hydrogen-bond acceptors (Lipinski definition) is 3. The van der Waals surface area contributed by atoms with Gasteiger partial charge in [0.1, 0.15) is 0 Å². The zero-order valence-electron chi connectivity index (χ0n) is 9.08. The molecule has 0 radical (unpaired) electrons. The SMILES string of the molecule is Nc1cncc(NC2CCCCCC2)c1. The molecule has 0 saturated heterocycles. The summed E-state index contributed by atoms with van der Waals surface area (Å²) in [4.78, 5) is 4.09. The lowest BCUT2D eigenvalue weighted by molar-refractivity contribution is 0.620. The Labute approximate surface area is 91.1 Å². The van der Waals surface area contributed by atoms with Gasteiger partial charge < -0.3 is 11.1 Å². The van der Waals surface area contributed by atoms with Crippen LogP contribution in [0.3, 0.4) is 0 Å². The zero-order valence-corrected chi connectivity index (χ0v) is 9.08. The van der Waals surface area contributed by atoms with Crippen LogP contribution >= 0.6 is 0 Å². The van der Waals surface area contributed by atoms with E-state index in [9.17, 15) is 0 Å². The molecule has 3 heteroatoms. The molecular weight excluding hydrogens is 186 g/mol. The van der Waals surface area contributed by atoms with Crippen LogP contribution in [0.2, 0.25) is 0 Å². The van der Waals surface area contributed by atoms with Crippen LogP contribution in [0.15, 0.2) is 18.5 Å². The summed E-state index contributed by atoms with van der Waals surface area (Å²) in [5, 5.41) is 3.52. The van der Waals surface area contributed by atoms with Gasteiger partial charge in [-0.25, -0.2) is 0 Å². The Morgan fingerprint density at radius 1 is 1.13 bits per heavy atom. The lowest BCUT2D eigenvalue weighted by Crippen LogP contribution is -2.18. The molecule has 0 amide bonds. The predicted octanol–water partition coefficient (Wildman–Crippen LogP) is 2.80. The number of hydrogen-bond donors (Lipinski definition) is 2. The van der Waals surface area contributed by atoms with E-state index in [1.807, 2.05) is 12.3 Å². The maximum absolute atomic E-state index is 5.69. The molecule has 1 aliphatic carbocycles. The van der Waals surface area contributed by atoms with E-state index in [0.29, 0.717) is 6.04 Å². The highest BCUT2D eigenvalue weighted by molar-refractivity contribution is 5.51. The van der Waals surface area contributed by atoms with Crippen LogP contribution in [0, 0.1) is 0 Å². The molecule has 1 heterocycles. The first-order valence-corrected chi connectivity index (χ1v) is 5.81. The van der Waals surface area contributed by atoms with Gasteiger partial charge in [0.15, 0.2) is 0 Å². The second kappa shape index (κ2) is 5.01. The highest BCUT2D eigenvalue weighted by Crippen LogP contribution is 2.21. The van der Waals surface area contributed by atoms with Crippen LogP contribution in [0.4, 0.5) is 11.4 Å². The van der Waals surface area contributed by atoms with Crippen molar-refractivity contribution < 1.29 is 0 Å². The molecule has 0 spiro atoms. The standard InChI is InChI=1S/C12H19N3/c13-10-7-12(9-14-8-10)15-11-5-3-1-2-4-6-11/h7-9,11,15H,1-6,13H2. The molecule has 3 N–H and O–H groups in total. The number of nitrogen functional groups attached to an aromatic ring is 1. The molecule has 2 rings (SSSR count). The van der Waals surface area contributed by atoms with Crippen LogP contribution in [0.25, 0.3) is 0 Å². The number of rotatable bonds is 2. The van der Waals surface area contributed by atoms with Gasteiger partial charge in [-0.1, -0.05) is 25.7 Å². The second-order valence-electron chi connectivity index (χ2n) is 4.34. The van der Waals surface area contributed by atoms with E-state index in [0.717, 1.165) is 11.4 Å². The predicted molar refractivity (Wildman–Crippen MR) is 63.8 cm³/mol. The van der Waals surface area contributed by atoms with Gasteiger partial charge in [-0.2, -0.15) is 0 Å². The number of nitrogens with one attached hydrogen (secondary N) is 1. The van der Waals surface area contributed by atoms with E-state index in [1.54, 1.807) is 6.20 Å². The zero-order chi connectivity index (χ0) is 10.5. The molecule has 0 unspecified atom stereocenters. The molecule has 1 saturated carbocycles. The number of pyridine rings is 1. The first-order valence-electron chi connectivity index (χ1n) is 5.81. The van der Waals surface area contributed by atoms with Crippen molar-refractivity contribution in [3.05, 3.63) is 18.5 Å². The molecule has 15 heavy (non-hydrogen) atoms. The molecule has 0 atom stereocenters. The van der Waals surface area contributed by atoms with Crippen molar-refractivity contribution in [3.8, 4) is 0 Å². The highest BCUT2D eigenvalue weighted by Gasteiger charge is 2.11. The largest absolute Gasteiger partial charge is 0.397 e. The fourth-order valence-electron chi connectivity index (χ4n) is 2.20. The Hall–Kier alpha value is -1.25. The molecule has 82 valence electrons. The third kappa shape index (κ3) is 3.11. The van der Waals surface area contributed by atoms with Gasteiger partial charge in [-0.05, 0) is 18.9 Å². The summed E-state index contributed by atoms with van der Waals surface area (Å²) in [6.45, 7) is 0. The monoisotopic (exact) mass is 205 g/mol. The number of nitrogens with zero attached hydrogens (tertiary/aromatic N) is 1. The van der Waals surface area contributed by atoms with Gasteiger partial charge in [-0.3, -0.25) is 4.98 Å². The van der Waals surface area contributed by atoms with Gasteiger partial charge in [0, 0.05) is 12.2 Å². The van der Waals surface area contributed by atoms with Crippen LogP contribution in [-0.4, -0.2) is 11.0 Å². The van der Waals surface area contributed by atoms with Gasteiger partial charge in [0.05, 0.1) is 17.6 Å². The van der Waals surface area contributed by atoms with E-state index in [-0.39, 0.29) is 0 Å². The summed E-state index contributed by atoms with van der Waals surface area (Å²) in [5.41, 5.74) is 7.48. The van der Waals surface area contributed by atoms with Crippen molar-refractivity contribution in [2.24, 2.45) is 0 Å². The topological polar surface area (TPSA) is 50.9 Å². The molecule has 3 nitrogen and oxygen atoms in total. The van der Waals surface area contributed by atoms with Crippen molar-refractivity contribution in [2.75, 3.05) is 11.1 Å². The fourth-order valence-corrected chi connectivity index (χ4v) is 2.20. The van der Waals surface area contributed by atoms with Crippen LogP contribution in [0.1, 0.15) is 38.5 Å². The normalized spacial score (nSPS) is 18.4. The summed E-state index contributed by atoms with van der Waals surface area (Å²) >= 11 is 0. The molecular formula is C12H19N3. The average molecular weight is 205 g/mol. The first-order chi connectivity index (χ1) is 7.34. The van der Waals surface area contributed by atoms with Gasteiger partial charge >= 0.3 is 0 Å². The smallest absolute Gasteiger partial charge is 0.0549 e. The Morgan fingerprint density at radius 2 is 1.87 bits per heavy atom. The van der Waals surface area contributed by atoms with Crippen molar-refractivity contribution >= 4 is 11.4 Å². The van der Waals surface area contributed by atoms with Crippen molar-refractivity contribution in [1.82, 2.24) is 4.98 Å². The third-order valence-corrected chi connectivity index (χ3v) is 2.99. The molecule has 0 bridgehead atoms. The van der Waals surface area contributed by atoms with E-state index in [2.05, 4.69) is 10.3 Å². The minimum atomic E-state index is 0.608. The van der Waals surface area contributed by atoms with Crippen molar-refractivity contribution in [1.29, 1.82) is 0 Å². The average Bonchev–Trinajstić information content (AvgIpc) is 2.46. The van der Waals surface area contributed by atoms with Crippen molar-refractivity contribution in [2.45, 2.75) is 44.6 Å². The summed E-state index contributed by atoms with van der Waals surface area (Å²) in [5.74, 6) is 0. The molecule has 0 aliphatic heterocycles. The maximum Gasteiger partial charge on any atom is 0.0549 e. The molecule has 1 aromatic rings. The first kappa shape index (κ1) is 10.3. The Kier molecular flexibility index (Phi) is 3.43. The highest BCUT2D eigenvalue weighted by atomic mass is 14.9. The fraction of sp³-hybridized carbons (Fsp3) is 0.583. The van der Waals surface area contributed by atoms with E-state index in [1.165, 1.54) is 38.5 Å². The summed E-state index contributed by atoms with van der Waals surface area (Å²) in [6, 6.07) is 2.56. The van der Waals surface area contributed by atoms with Gasteiger partial charge in [0.2, 0.25) is 0 Å². The van der Waals surface area contributed by atoms with Crippen LogP contribution < -0.4 is 11.1 Å². The van der Waals surface area contributed by atoms with Crippen LogP contribution in [0.5, 0.6) is 0 Å². The Balaban J connectivity index is 1.95. The summed E-state index contributed by atoms with van der Waals surface area (Å²) in [6.07, 6.45) is 11.5. The molecule has 1 aromatic heterocycles. The van der Waals surface area contributed by atoms with E-state index < -0.39 is 0 Å². The van der Waals surface area contributed by atoms with E-state index >= 15 is 0 Å². The Morgan fingerprint density at radius 3 is 2.53 bits per heavy atom. The van der Waals surface area contributed by atoms with Crippen LogP contribution in [-0.2, 0) is 0 Å². The van der Waals surface area contributed by atoms with Gasteiger partial charge in [-0.15, -0.1) is 0 Å². The Bertz CT molecular complexity index is 303. The quantitative estimate of drug-likeness (QED) is 0.730. The molecule has 1 fully saturated rings. The second-order valence-corrected chi connectivity index (χ2v) is 4.34. The minimum absolute atomic E-state index is 0.608. The third-order valence-electron chi connectivity index (χ3n) is 2.99. The number of nitrogens with two attached hydrogens (primary N) is 1. The van der Waals surface area contributed by atoms with Crippen molar-refractivity contribution in [3.63, 3.8) is 0 Å². The minimum Gasteiger partial charge on any atom is -0.397 e. The summed E-state index contributed by atoms with van der Waals surface area (Å²) < 4.78 is 0. The van der Waals surface area contributed by atoms with Gasteiger partial charge in [0.25, 0.3) is 0 Å². The lowest BCUT2D eigenvalue weighted by Gasteiger charge is -2.17. The maximum atomic E-state index is 5.69. The molecule has 0 aromatic carbocycles. The number of aromatic nitrogens is 1. The summed E-state index contributed by atoms with van der Waals surface area (Å²) in [7, 11) is 0. The molecule has 1 aliphatic rings. The van der Waals surface area contributed by atoms with E-state index in [4.69, 9.17) is 5.73 Å². The number of anilines is 2. The lowest BCUT2D eigenvalue weighted by atomic mass is 10.1.